The molecule has 2 aliphatic heterocycles. The average Bonchev–Trinajstić information content (AvgIpc) is 3.23. The first kappa shape index (κ1) is 14.4. The van der Waals surface area contributed by atoms with Gasteiger partial charge in [-0.15, -0.1) is 11.8 Å². The lowest BCUT2D eigenvalue weighted by atomic mass is 10.1. The highest BCUT2D eigenvalue weighted by Crippen LogP contribution is 2.40. The van der Waals surface area contributed by atoms with Gasteiger partial charge >= 0.3 is 0 Å². The van der Waals surface area contributed by atoms with E-state index in [9.17, 15) is 9.18 Å². The summed E-state index contributed by atoms with van der Waals surface area (Å²) < 4.78 is 24.7. The molecule has 118 valence electrons. The van der Waals surface area contributed by atoms with Crippen LogP contribution in [-0.2, 0) is 0 Å². The van der Waals surface area contributed by atoms with Crippen LogP contribution in [0.1, 0.15) is 21.3 Å². The van der Waals surface area contributed by atoms with Crippen LogP contribution in [0.4, 0.5) is 4.39 Å². The summed E-state index contributed by atoms with van der Waals surface area (Å²) in [6, 6.07) is 11.7. The minimum Gasteiger partial charge on any atom is -0.454 e. The summed E-state index contributed by atoms with van der Waals surface area (Å²) in [5.74, 6) is 1.60. The molecular weight excluding hydrogens is 317 g/mol. The molecule has 0 saturated carbocycles. The van der Waals surface area contributed by atoms with E-state index in [4.69, 9.17) is 9.47 Å². The maximum Gasteiger partial charge on any atom is 0.255 e. The van der Waals surface area contributed by atoms with Crippen LogP contribution in [0.25, 0.3) is 0 Å². The molecular formula is C17H14FNO3S. The lowest BCUT2D eigenvalue weighted by Gasteiger charge is -2.24. The Labute approximate surface area is 137 Å². The molecule has 0 bridgehead atoms. The fraction of sp³-hybridized carbons (Fsp3) is 0.235. The summed E-state index contributed by atoms with van der Waals surface area (Å²) in [7, 11) is 0. The lowest BCUT2D eigenvalue weighted by molar-refractivity contribution is 0.0758. The molecule has 1 amide bonds. The Morgan fingerprint density at radius 1 is 1.17 bits per heavy atom. The number of halogens is 1. The molecule has 0 aliphatic carbocycles. The molecule has 6 heteroatoms. The van der Waals surface area contributed by atoms with Crippen molar-refractivity contribution in [3.63, 3.8) is 0 Å². The van der Waals surface area contributed by atoms with Crippen molar-refractivity contribution < 1.29 is 18.7 Å². The number of thioether (sulfide) groups is 1. The van der Waals surface area contributed by atoms with Crippen molar-refractivity contribution in [2.75, 3.05) is 19.1 Å². The van der Waals surface area contributed by atoms with Gasteiger partial charge in [-0.3, -0.25) is 4.79 Å². The smallest absolute Gasteiger partial charge is 0.255 e. The van der Waals surface area contributed by atoms with Gasteiger partial charge in [0, 0.05) is 23.4 Å². The SMILES string of the molecule is O=C(c1ccc2c(c1)OCO2)N1CCS[C@H]1c1ccccc1F. The number of carbonyl (C=O) groups excluding carboxylic acids is 1. The molecule has 4 nitrogen and oxygen atoms in total. The molecule has 4 rings (SSSR count). The Morgan fingerprint density at radius 3 is 2.87 bits per heavy atom. The third-order valence-corrected chi connectivity index (χ3v) is 5.19. The summed E-state index contributed by atoms with van der Waals surface area (Å²) in [5, 5.41) is -0.297. The molecule has 1 atom stereocenters. The van der Waals surface area contributed by atoms with E-state index in [1.54, 1.807) is 53.1 Å². The number of ether oxygens (including phenoxy) is 2. The van der Waals surface area contributed by atoms with Gasteiger partial charge in [0.15, 0.2) is 11.5 Å². The van der Waals surface area contributed by atoms with Crippen LogP contribution in [0.15, 0.2) is 42.5 Å². The van der Waals surface area contributed by atoms with E-state index in [-0.39, 0.29) is 23.9 Å². The fourth-order valence-corrected chi connectivity index (χ4v) is 4.08. The van der Waals surface area contributed by atoms with Crippen LogP contribution in [0.2, 0.25) is 0 Å². The molecule has 0 aromatic heterocycles. The van der Waals surface area contributed by atoms with Crippen LogP contribution >= 0.6 is 11.8 Å². The third-order valence-electron chi connectivity index (χ3n) is 3.94. The molecule has 1 fully saturated rings. The molecule has 2 aliphatic rings. The van der Waals surface area contributed by atoms with Crippen molar-refractivity contribution in [3.8, 4) is 11.5 Å². The van der Waals surface area contributed by atoms with Gasteiger partial charge in [-0.25, -0.2) is 4.39 Å². The lowest BCUT2D eigenvalue weighted by Crippen LogP contribution is -2.30. The van der Waals surface area contributed by atoms with Gasteiger partial charge in [-0.2, -0.15) is 0 Å². The van der Waals surface area contributed by atoms with Gasteiger partial charge in [-0.1, -0.05) is 18.2 Å². The van der Waals surface area contributed by atoms with Gasteiger partial charge in [0.1, 0.15) is 11.2 Å². The normalized spacial score (nSPS) is 19.2. The average molecular weight is 331 g/mol. The zero-order valence-electron chi connectivity index (χ0n) is 12.2. The van der Waals surface area contributed by atoms with Crippen molar-refractivity contribution in [1.29, 1.82) is 0 Å². The van der Waals surface area contributed by atoms with Crippen LogP contribution in [0.3, 0.4) is 0 Å². The van der Waals surface area contributed by atoms with Crippen LogP contribution in [-0.4, -0.2) is 29.9 Å². The highest BCUT2D eigenvalue weighted by atomic mass is 32.2. The summed E-state index contributed by atoms with van der Waals surface area (Å²) in [5.41, 5.74) is 1.07. The predicted octanol–water partition coefficient (Wildman–Crippen LogP) is 3.44. The monoisotopic (exact) mass is 331 g/mol. The van der Waals surface area contributed by atoms with Crippen LogP contribution in [0.5, 0.6) is 11.5 Å². The van der Waals surface area contributed by atoms with E-state index < -0.39 is 0 Å². The number of amides is 1. The highest BCUT2D eigenvalue weighted by Gasteiger charge is 2.33. The molecule has 2 aromatic carbocycles. The van der Waals surface area contributed by atoms with Crippen molar-refractivity contribution >= 4 is 17.7 Å². The number of rotatable bonds is 2. The first-order valence-electron chi connectivity index (χ1n) is 7.31. The Morgan fingerprint density at radius 2 is 2.00 bits per heavy atom. The Balaban J connectivity index is 1.64. The number of benzene rings is 2. The maximum atomic E-state index is 14.1. The van der Waals surface area contributed by atoms with Gasteiger partial charge < -0.3 is 14.4 Å². The fourth-order valence-electron chi connectivity index (χ4n) is 2.81. The summed E-state index contributed by atoms with van der Waals surface area (Å²) in [4.78, 5) is 14.5. The minimum absolute atomic E-state index is 0.124. The molecule has 2 aromatic rings. The first-order chi connectivity index (χ1) is 11.2. The van der Waals surface area contributed by atoms with Crippen molar-refractivity contribution in [2.24, 2.45) is 0 Å². The summed E-state index contributed by atoms with van der Waals surface area (Å²) in [6.07, 6.45) is 0. The van der Waals surface area contributed by atoms with E-state index in [0.717, 1.165) is 5.75 Å². The number of fused-ring (bicyclic) bond motifs is 1. The Hall–Kier alpha value is -2.21. The van der Waals surface area contributed by atoms with Crippen molar-refractivity contribution in [3.05, 3.63) is 59.4 Å². The predicted molar refractivity (Wildman–Crippen MR) is 85.2 cm³/mol. The number of carbonyl (C=O) groups is 1. The Kier molecular flexibility index (Phi) is 3.61. The van der Waals surface area contributed by atoms with E-state index in [0.29, 0.717) is 29.2 Å². The molecule has 0 radical (unpaired) electrons. The van der Waals surface area contributed by atoms with Gasteiger partial charge in [0.2, 0.25) is 6.79 Å². The van der Waals surface area contributed by atoms with E-state index in [2.05, 4.69) is 0 Å². The zero-order valence-corrected chi connectivity index (χ0v) is 13.0. The van der Waals surface area contributed by atoms with Crippen LogP contribution in [0, 0.1) is 5.82 Å². The third kappa shape index (κ3) is 2.53. The molecule has 2 heterocycles. The van der Waals surface area contributed by atoms with Gasteiger partial charge in [0.05, 0.1) is 0 Å². The molecule has 1 saturated heterocycles. The van der Waals surface area contributed by atoms with Gasteiger partial charge in [-0.05, 0) is 24.3 Å². The van der Waals surface area contributed by atoms with E-state index in [1.807, 2.05) is 0 Å². The van der Waals surface area contributed by atoms with Crippen molar-refractivity contribution in [1.82, 2.24) is 4.90 Å². The standard InChI is InChI=1S/C17H14FNO3S/c18-13-4-2-1-3-12(13)17-19(7-8-23-17)16(20)11-5-6-14-15(9-11)22-10-21-14/h1-6,9,17H,7-8,10H2/t17-/m0/s1. The molecule has 23 heavy (non-hydrogen) atoms. The first-order valence-corrected chi connectivity index (χ1v) is 8.35. The Bertz CT molecular complexity index is 767. The minimum atomic E-state index is -0.297. The van der Waals surface area contributed by atoms with Crippen LogP contribution < -0.4 is 9.47 Å². The second kappa shape index (κ2) is 5.77. The quantitative estimate of drug-likeness (QED) is 0.845. The summed E-state index contributed by atoms with van der Waals surface area (Å²) in [6.45, 7) is 0.765. The number of nitrogens with zero attached hydrogens (tertiary/aromatic N) is 1. The molecule has 0 unspecified atom stereocenters. The van der Waals surface area contributed by atoms with E-state index in [1.165, 1.54) is 6.07 Å². The molecule has 0 spiro atoms. The maximum absolute atomic E-state index is 14.1. The second-order valence-corrected chi connectivity index (χ2v) is 6.50. The summed E-state index contributed by atoms with van der Waals surface area (Å²) >= 11 is 1.58. The van der Waals surface area contributed by atoms with E-state index >= 15 is 0 Å². The van der Waals surface area contributed by atoms with Gasteiger partial charge in [0.25, 0.3) is 5.91 Å². The second-order valence-electron chi connectivity index (χ2n) is 5.31. The number of hydrogen-bond donors (Lipinski definition) is 0. The zero-order chi connectivity index (χ0) is 15.8. The topological polar surface area (TPSA) is 38.8 Å². The molecule has 0 N–H and O–H groups in total. The number of hydrogen-bond acceptors (Lipinski definition) is 4. The highest BCUT2D eigenvalue weighted by molar-refractivity contribution is 7.99. The largest absolute Gasteiger partial charge is 0.454 e. The van der Waals surface area contributed by atoms with Crippen molar-refractivity contribution in [2.45, 2.75) is 5.37 Å².